The molecule has 0 saturated heterocycles. The van der Waals surface area contributed by atoms with Gasteiger partial charge in [0, 0.05) is 31.5 Å². The molecule has 3 aromatic rings. The Morgan fingerprint density at radius 2 is 1.66 bits per heavy atom. The van der Waals surface area contributed by atoms with Gasteiger partial charge in [0.1, 0.15) is 35.7 Å². The van der Waals surface area contributed by atoms with Crippen molar-refractivity contribution in [3.8, 4) is 23.0 Å². The number of hydrogen-bond acceptors (Lipinski definition) is 6. The molecule has 0 aromatic heterocycles. The topological polar surface area (TPSA) is 71.1 Å². The van der Waals surface area contributed by atoms with Crippen molar-refractivity contribution in [2.75, 3.05) is 0 Å². The van der Waals surface area contributed by atoms with Gasteiger partial charge >= 0.3 is 11.9 Å². The van der Waals surface area contributed by atoms with Crippen LogP contribution >= 0.6 is 0 Å². The lowest BCUT2D eigenvalue weighted by Crippen LogP contribution is -2.17. The van der Waals surface area contributed by atoms with Gasteiger partial charge in [0.2, 0.25) is 0 Å². The van der Waals surface area contributed by atoms with Crippen LogP contribution in [0.1, 0.15) is 43.1 Å². The molecule has 1 atom stereocenters. The smallest absolute Gasteiger partial charge is 0.308 e. The fourth-order valence-corrected chi connectivity index (χ4v) is 3.65. The van der Waals surface area contributed by atoms with E-state index in [0.717, 1.165) is 41.0 Å². The summed E-state index contributed by atoms with van der Waals surface area (Å²) in [6.45, 7) is 3.12. The van der Waals surface area contributed by atoms with Crippen molar-refractivity contribution in [2.45, 2.75) is 39.4 Å². The van der Waals surface area contributed by atoms with Crippen LogP contribution in [0.2, 0.25) is 0 Å². The van der Waals surface area contributed by atoms with Gasteiger partial charge in [0.25, 0.3) is 0 Å². The molecule has 6 nitrogen and oxygen atoms in total. The van der Waals surface area contributed by atoms with Gasteiger partial charge in [-0.1, -0.05) is 36.4 Å². The number of benzene rings is 3. The van der Waals surface area contributed by atoms with E-state index in [1.807, 2.05) is 48.5 Å². The normalized spacial score (nSPS) is 14.6. The quantitative estimate of drug-likeness (QED) is 0.395. The number of aryl methyl sites for hydroxylation is 1. The predicted octanol–water partition coefficient (Wildman–Crippen LogP) is 5.18. The van der Waals surface area contributed by atoms with E-state index < -0.39 is 11.9 Å². The fourth-order valence-electron chi connectivity index (χ4n) is 3.65. The summed E-state index contributed by atoms with van der Waals surface area (Å²) < 4.78 is 22.7. The molecule has 0 fully saturated rings. The van der Waals surface area contributed by atoms with E-state index in [4.69, 9.17) is 18.9 Å². The molecule has 0 amide bonds. The summed E-state index contributed by atoms with van der Waals surface area (Å²) in [5, 5.41) is 0. The van der Waals surface area contributed by atoms with Crippen molar-refractivity contribution >= 4 is 11.9 Å². The molecule has 1 heterocycles. The largest absolute Gasteiger partial charge is 0.489 e. The van der Waals surface area contributed by atoms with Crippen LogP contribution in [0.5, 0.6) is 23.0 Å². The Hall–Kier alpha value is -3.80. The summed E-state index contributed by atoms with van der Waals surface area (Å²) in [5.74, 6) is 1.19. The summed E-state index contributed by atoms with van der Waals surface area (Å²) in [6, 6.07) is 20.8. The molecule has 0 aliphatic carbocycles. The molecular formula is C26H24O6. The van der Waals surface area contributed by atoms with Crippen molar-refractivity contribution in [1.29, 1.82) is 0 Å². The van der Waals surface area contributed by atoms with Crippen LogP contribution in [-0.2, 0) is 22.6 Å². The van der Waals surface area contributed by atoms with Gasteiger partial charge in [0.15, 0.2) is 0 Å². The standard InChI is InChI=1S/C26H24O6/c1-17(27)30-22-11-12-23(26(15-22)31-18(2)28)24-13-9-20-8-10-21(14-25(20)32-24)29-16-19-6-4-3-5-7-19/h3-8,10-12,14-15,24H,9,13,16H2,1-2H3. The highest BCUT2D eigenvalue weighted by Crippen LogP contribution is 2.41. The van der Waals surface area contributed by atoms with Gasteiger partial charge in [-0.15, -0.1) is 0 Å². The highest BCUT2D eigenvalue weighted by atomic mass is 16.5. The van der Waals surface area contributed by atoms with E-state index >= 15 is 0 Å². The molecule has 0 radical (unpaired) electrons. The molecule has 1 unspecified atom stereocenters. The third-order valence-electron chi connectivity index (χ3n) is 5.08. The summed E-state index contributed by atoms with van der Waals surface area (Å²) in [6.07, 6.45) is 1.22. The number of carbonyl (C=O) groups is 2. The molecular weight excluding hydrogens is 408 g/mol. The first-order valence-electron chi connectivity index (χ1n) is 10.4. The maximum atomic E-state index is 11.6. The molecule has 164 valence electrons. The van der Waals surface area contributed by atoms with E-state index in [2.05, 4.69) is 0 Å². The molecule has 32 heavy (non-hydrogen) atoms. The van der Waals surface area contributed by atoms with Crippen molar-refractivity contribution in [3.63, 3.8) is 0 Å². The number of rotatable bonds is 6. The summed E-state index contributed by atoms with van der Waals surface area (Å²) in [7, 11) is 0. The second-order valence-corrected chi connectivity index (χ2v) is 7.58. The zero-order valence-corrected chi connectivity index (χ0v) is 18.0. The summed E-state index contributed by atoms with van der Waals surface area (Å²) >= 11 is 0. The highest BCUT2D eigenvalue weighted by Gasteiger charge is 2.26. The first kappa shape index (κ1) is 21.4. The Morgan fingerprint density at radius 3 is 2.41 bits per heavy atom. The lowest BCUT2D eigenvalue weighted by atomic mass is 9.96. The first-order chi connectivity index (χ1) is 15.5. The van der Waals surface area contributed by atoms with Gasteiger partial charge in [0.05, 0.1) is 0 Å². The van der Waals surface area contributed by atoms with Crippen molar-refractivity contribution in [3.05, 3.63) is 83.4 Å². The molecule has 6 heteroatoms. The van der Waals surface area contributed by atoms with Crippen molar-refractivity contribution in [1.82, 2.24) is 0 Å². The third kappa shape index (κ3) is 5.27. The molecule has 0 spiro atoms. The van der Waals surface area contributed by atoms with Crippen molar-refractivity contribution < 1.29 is 28.5 Å². The molecule has 0 bridgehead atoms. The number of fused-ring (bicyclic) bond motifs is 1. The van der Waals surface area contributed by atoms with E-state index in [9.17, 15) is 9.59 Å². The Bertz CT molecular complexity index is 1120. The predicted molar refractivity (Wildman–Crippen MR) is 118 cm³/mol. The van der Waals surface area contributed by atoms with Gasteiger partial charge in [-0.25, -0.2) is 0 Å². The Morgan fingerprint density at radius 1 is 0.906 bits per heavy atom. The molecule has 0 saturated carbocycles. The van der Waals surface area contributed by atoms with Crippen LogP contribution in [0.15, 0.2) is 66.7 Å². The van der Waals surface area contributed by atoms with Crippen LogP contribution in [0.4, 0.5) is 0 Å². The SMILES string of the molecule is CC(=O)Oc1ccc(C2CCc3ccc(OCc4ccccc4)cc3O2)c(OC(C)=O)c1. The van der Waals surface area contributed by atoms with Gasteiger partial charge in [-0.05, 0) is 42.2 Å². The number of ether oxygens (including phenoxy) is 4. The zero-order chi connectivity index (χ0) is 22.5. The monoisotopic (exact) mass is 432 g/mol. The number of esters is 2. The first-order valence-corrected chi connectivity index (χ1v) is 10.4. The van der Waals surface area contributed by atoms with Gasteiger partial charge < -0.3 is 18.9 Å². The summed E-state index contributed by atoms with van der Waals surface area (Å²) in [4.78, 5) is 22.9. The Labute approximate surface area is 186 Å². The van der Waals surface area contributed by atoms with Crippen LogP contribution in [0, 0.1) is 0 Å². The zero-order valence-electron chi connectivity index (χ0n) is 18.0. The Balaban J connectivity index is 1.54. The van der Waals surface area contributed by atoms with Gasteiger partial charge in [-0.2, -0.15) is 0 Å². The van der Waals surface area contributed by atoms with Crippen molar-refractivity contribution in [2.24, 2.45) is 0 Å². The maximum Gasteiger partial charge on any atom is 0.308 e. The highest BCUT2D eigenvalue weighted by molar-refractivity contribution is 5.72. The van der Waals surface area contributed by atoms with E-state index in [1.165, 1.54) is 19.9 Å². The van der Waals surface area contributed by atoms with Crippen LogP contribution in [0.25, 0.3) is 0 Å². The lowest BCUT2D eigenvalue weighted by Gasteiger charge is -2.28. The molecule has 4 rings (SSSR count). The molecule has 3 aromatic carbocycles. The van der Waals surface area contributed by atoms with E-state index in [1.54, 1.807) is 12.1 Å². The molecule has 0 N–H and O–H groups in total. The van der Waals surface area contributed by atoms with E-state index in [-0.39, 0.29) is 6.10 Å². The minimum atomic E-state index is -0.459. The average molecular weight is 432 g/mol. The number of carbonyl (C=O) groups excluding carboxylic acids is 2. The van der Waals surface area contributed by atoms with Crippen LogP contribution in [-0.4, -0.2) is 11.9 Å². The second-order valence-electron chi connectivity index (χ2n) is 7.58. The second kappa shape index (κ2) is 9.56. The molecule has 1 aliphatic rings. The molecule has 1 aliphatic heterocycles. The van der Waals surface area contributed by atoms with Crippen LogP contribution < -0.4 is 18.9 Å². The lowest BCUT2D eigenvalue weighted by molar-refractivity contribution is -0.132. The summed E-state index contributed by atoms with van der Waals surface area (Å²) in [5.41, 5.74) is 2.90. The minimum absolute atomic E-state index is 0.310. The van der Waals surface area contributed by atoms with Crippen LogP contribution in [0.3, 0.4) is 0 Å². The average Bonchev–Trinajstić information content (AvgIpc) is 2.77. The fraction of sp³-hybridized carbons (Fsp3) is 0.231. The maximum absolute atomic E-state index is 11.6. The Kier molecular flexibility index (Phi) is 6.40. The van der Waals surface area contributed by atoms with Gasteiger partial charge in [-0.3, -0.25) is 9.59 Å². The number of hydrogen-bond donors (Lipinski definition) is 0. The van der Waals surface area contributed by atoms with E-state index in [0.29, 0.717) is 18.1 Å². The third-order valence-corrected chi connectivity index (χ3v) is 5.08. The minimum Gasteiger partial charge on any atom is -0.489 e.